The molecule has 0 unspecified atom stereocenters. The maximum absolute atomic E-state index is 13.9. The molecule has 4 rings (SSSR count). The van der Waals surface area contributed by atoms with Crippen LogP contribution in [0.4, 0.5) is 10.1 Å². The summed E-state index contributed by atoms with van der Waals surface area (Å²) in [4.78, 5) is 26.8. The topological polar surface area (TPSA) is 100 Å². The van der Waals surface area contributed by atoms with Crippen molar-refractivity contribution < 1.29 is 28.3 Å². The minimum Gasteiger partial charge on any atom is -0.493 e. The van der Waals surface area contributed by atoms with Crippen molar-refractivity contribution in [3.05, 3.63) is 103 Å². The van der Waals surface area contributed by atoms with Gasteiger partial charge in [-0.2, -0.15) is 0 Å². The Hall–Kier alpha value is -4.05. The van der Waals surface area contributed by atoms with E-state index >= 15 is 0 Å². The maximum Gasteiger partial charge on any atom is 0.363 e. The van der Waals surface area contributed by atoms with Crippen molar-refractivity contribution >= 4 is 39.6 Å². The molecule has 0 saturated heterocycles. The third-order valence-corrected chi connectivity index (χ3v) is 5.42. The van der Waals surface area contributed by atoms with Gasteiger partial charge in [-0.1, -0.05) is 18.2 Å². The van der Waals surface area contributed by atoms with Crippen molar-refractivity contribution in [3.63, 3.8) is 0 Å². The van der Waals surface area contributed by atoms with Gasteiger partial charge in [0.05, 0.1) is 16.5 Å². The number of nitro benzene ring substituents is 1. The second-order valence-corrected chi connectivity index (χ2v) is 7.91. The number of hydrogen-bond donors (Lipinski definition) is 0. The van der Waals surface area contributed by atoms with Gasteiger partial charge in [-0.3, -0.25) is 10.1 Å². The van der Waals surface area contributed by atoms with E-state index in [4.69, 9.17) is 14.2 Å². The first-order valence-electron chi connectivity index (χ1n) is 9.87. The summed E-state index contributed by atoms with van der Waals surface area (Å²) in [5.74, 6) is -0.258. The molecule has 3 aromatic carbocycles. The first-order chi connectivity index (χ1) is 16.4. The number of hydrogen-bond acceptors (Lipinski definition) is 7. The van der Waals surface area contributed by atoms with Crippen LogP contribution in [0.2, 0.25) is 0 Å². The van der Waals surface area contributed by atoms with Crippen LogP contribution in [-0.4, -0.2) is 23.9 Å². The molecular weight excluding hydrogens is 511 g/mol. The van der Waals surface area contributed by atoms with E-state index in [-0.39, 0.29) is 29.7 Å². The molecule has 1 aliphatic rings. The summed E-state index contributed by atoms with van der Waals surface area (Å²) in [7, 11) is 1.46. The Morgan fingerprint density at radius 1 is 1.18 bits per heavy atom. The van der Waals surface area contributed by atoms with Gasteiger partial charge in [-0.15, -0.1) is 0 Å². The molecule has 0 aliphatic carbocycles. The Kier molecular flexibility index (Phi) is 6.69. The molecular formula is C24H16BrFN2O6. The molecule has 0 fully saturated rings. The zero-order chi connectivity index (χ0) is 24.2. The second kappa shape index (κ2) is 9.84. The molecule has 8 nitrogen and oxygen atoms in total. The van der Waals surface area contributed by atoms with Crippen LogP contribution in [0.25, 0.3) is 6.08 Å². The number of nitrogens with zero attached hydrogens (tertiary/aromatic N) is 2. The Labute approximate surface area is 201 Å². The third kappa shape index (κ3) is 4.96. The van der Waals surface area contributed by atoms with Gasteiger partial charge in [0.25, 0.3) is 5.69 Å². The zero-order valence-electron chi connectivity index (χ0n) is 17.7. The lowest BCUT2D eigenvalue weighted by Gasteiger charge is -2.14. The molecule has 0 radical (unpaired) electrons. The summed E-state index contributed by atoms with van der Waals surface area (Å²) in [6, 6.07) is 15.1. The lowest BCUT2D eigenvalue weighted by Crippen LogP contribution is -2.05. The molecule has 0 N–H and O–H groups in total. The van der Waals surface area contributed by atoms with E-state index in [0.717, 1.165) is 0 Å². The van der Waals surface area contributed by atoms with Gasteiger partial charge in [0.2, 0.25) is 5.90 Å². The number of carbonyl (C=O) groups is 1. The van der Waals surface area contributed by atoms with Crippen molar-refractivity contribution in [3.8, 4) is 11.5 Å². The smallest absolute Gasteiger partial charge is 0.363 e. The largest absolute Gasteiger partial charge is 0.493 e. The Morgan fingerprint density at radius 3 is 2.59 bits per heavy atom. The van der Waals surface area contributed by atoms with Crippen molar-refractivity contribution in [1.29, 1.82) is 0 Å². The fourth-order valence-corrected chi connectivity index (χ4v) is 3.72. The second-order valence-electron chi connectivity index (χ2n) is 7.05. The average molecular weight is 527 g/mol. The molecule has 1 heterocycles. The zero-order valence-corrected chi connectivity index (χ0v) is 19.2. The van der Waals surface area contributed by atoms with Crippen LogP contribution in [0.1, 0.15) is 16.7 Å². The monoisotopic (exact) mass is 526 g/mol. The summed E-state index contributed by atoms with van der Waals surface area (Å²) in [5, 5.41) is 10.8. The summed E-state index contributed by atoms with van der Waals surface area (Å²) in [6.45, 7) is -0.00269. The number of benzene rings is 3. The van der Waals surface area contributed by atoms with E-state index in [9.17, 15) is 19.3 Å². The molecule has 3 aromatic rings. The van der Waals surface area contributed by atoms with E-state index in [1.165, 1.54) is 43.5 Å². The first-order valence-corrected chi connectivity index (χ1v) is 10.7. The molecule has 0 bridgehead atoms. The van der Waals surface area contributed by atoms with Crippen LogP contribution in [-0.2, 0) is 16.1 Å². The molecule has 10 heteroatoms. The number of methoxy groups -OCH3 is 1. The van der Waals surface area contributed by atoms with Crippen LogP contribution in [0.15, 0.2) is 75.8 Å². The highest BCUT2D eigenvalue weighted by Crippen LogP contribution is 2.38. The minimum absolute atomic E-state index is 0.00269. The van der Waals surface area contributed by atoms with Crippen molar-refractivity contribution in [2.75, 3.05) is 7.11 Å². The molecule has 0 amide bonds. The molecule has 34 heavy (non-hydrogen) atoms. The van der Waals surface area contributed by atoms with Crippen LogP contribution in [0, 0.1) is 15.9 Å². The highest BCUT2D eigenvalue weighted by atomic mass is 79.9. The fourth-order valence-electron chi connectivity index (χ4n) is 3.14. The number of rotatable bonds is 7. The molecule has 0 saturated carbocycles. The minimum atomic E-state index is -0.664. The highest BCUT2D eigenvalue weighted by molar-refractivity contribution is 9.10. The molecule has 0 spiro atoms. The number of halogens is 2. The van der Waals surface area contributed by atoms with E-state index in [2.05, 4.69) is 20.9 Å². The Balaban J connectivity index is 1.58. The number of nitro groups is 1. The average Bonchev–Trinajstić information content (AvgIpc) is 3.19. The van der Waals surface area contributed by atoms with Crippen molar-refractivity contribution in [1.82, 2.24) is 0 Å². The van der Waals surface area contributed by atoms with Crippen LogP contribution >= 0.6 is 15.9 Å². The van der Waals surface area contributed by atoms with E-state index in [0.29, 0.717) is 32.7 Å². The predicted octanol–water partition coefficient (Wildman–Crippen LogP) is 5.43. The number of ether oxygens (including phenoxy) is 3. The quantitative estimate of drug-likeness (QED) is 0.176. The SMILES string of the molecule is COc1cc(/C=C2\N=C(c3ccc([N+](=O)[O-])cc3)OC2=O)cc(Br)c1OCc1ccccc1F. The van der Waals surface area contributed by atoms with Crippen LogP contribution in [0.3, 0.4) is 0 Å². The van der Waals surface area contributed by atoms with Gasteiger partial charge in [-0.25, -0.2) is 14.2 Å². The highest BCUT2D eigenvalue weighted by Gasteiger charge is 2.25. The molecule has 1 aliphatic heterocycles. The predicted molar refractivity (Wildman–Crippen MR) is 125 cm³/mol. The van der Waals surface area contributed by atoms with E-state index in [1.54, 1.807) is 30.3 Å². The van der Waals surface area contributed by atoms with Crippen LogP contribution in [0.5, 0.6) is 11.5 Å². The van der Waals surface area contributed by atoms with Crippen LogP contribution < -0.4 is 9.47 Å². The van der Waals surface area contributed by atoms with E-state index < -0.39 is 10.9 Å². The summed E-state index contributed by atoms with van der Waals surface area (Å²) in [6.07, 6.45) is 1.51. The normalized spacial score (nSPS) is 14.0. The summed E-state index contributed by atoms with van der Waals surface area (Å²) in [5.41, 5.74) is 1.35. The maximum atomic E-state index is 13.9. The fraction of sp³-hybridized carbons (Fsp3) is 0.0833. The standard InChI is InChI=1S/C24H16BrFN2O6/c1-32-21-12-14(10-18(25)22(21)33-13-16-4-2-3-5-19(16)26)11-20-24(29)34-23(27-20)15-6-8-17(9-7-15)28(30)31/h2-12H,13H2,1H3/b20-11-. The molecule has 0 aromatic heterocycles. The van der Waals surface area contributed by atoms with Crippen molar-refractivity contribution in [2.45, 2.75) is 6.61 Å². The summed E-state index contributed by atoms with van der Waals surface area (Å²) < 4.78 is 30.8. The number of esters is 1. The van der Waals surface area contributed by atoms with E-state index in [1.807, 2.05) is 0 Å². The first kappa shape index (κ1) is 23.1. The van der Waals surface area contributed by atoms with Gasteiger partial charge >= 0.3 is 5.97 Å². The number of carbonyl (C=O) groups excluding carboxylic acids is 1. The Bertz CT molecular complexity index is 1340. The van der Waals surface area contributed by atoms with Gasteiger partial charge in [-0.05, 0) is 57.9 Å². The molecule has 172 valence electrons. The lowest BCUT2D eigenvalue weighted by molar-refractivity contribution is -0.384. The van der Waals surface area contributed by atoms with Gasteiger partial charge in [0, 0.05) is 23.3 Å². The molecule has 0 atom stereocenters. The van der Waals surface area contributed by atoms with Gasteiger partial charge < -0.3 is 14.2 Å². The van der Waals surface area contributed by atoms with Crippen molar-refractivity contribution in [2.24, 2.45) is 4.99 Å². The lowest BCUT2D eigenvalue weighted by atomic mass is 10.1. The van der Waals surface area contributed by atoms with Gasteiger partial charge in [0.1, 0.15) is 12.4 Å². The number of cyclic esters (lactones) is 1. The Morgan fingerprint density at radius 2 is 1.91 bits per heavy atom. The van der Waals surface area contributed by atoms with Gasteiger partial charge in [0.15, 0.2) is 17.2 Å². The third-order valence-electron chi connectivity index (χ3n) is 4.83. The number of non-ortho nitro benzene ring substituents is 1. The number of aliphatic imine (C=N–C) groups is 1. The summed E-state index contributed by atoms with van der Waals surface area (Å²) >= 11 is 3.43.